The van der Waals surface area contributed by atoms with E-state index < -0.39 is 0 Å². The standard InChI is InChI=1S/C10H13N5S/c1-6-8(5-14(2)13-6)15-9(7-3-4-7)11-12-10(15)16/h5,7H,3-4H2,1-2H3,(H,12,16). The number of hydrogen-bond donors (Lipinski definition) is 1. The average molecular weight is 235 g/mol. The summed E-state index contributed by atoms with van der Waals surface area (Å²) >= 11 is 5.28. The van der Waals surface area contributed by atoms with Crippen molar-refractivity contribution in [1.29, 1.82) is 0 Å². The Morgan fingerprint density at radius 3 is 2.81 bits per heavy atom. The molecule has 1 saturated carbocycles. The molecule has 0 bridgehead atoms. The molecule has 0 atom stereocenters. The molecule has 1 fully saturated rings. The lowest BCUT2D eigenvalue weighted by Crippen LogP contribution is -2.00. The van der Waals surface area contributed by atoms with Gasteiger partial charge in [-0.25, -0.2) is 0 Å². The van der Waals surface area contributed by atoms with Crippen LogP contribution in [0, 0.1) is 11.7 Å². The first-order chi connectivity index (χ1) is 7.66. The van der Waals surface area contributed by atoms with Crippen LogP contribution in [-0.2, 0) is 7.05 Å². The maximum Gasteiger partial charge on any atom is 0.199 e. The molecular weight excluding hydrogens is 222 g/mol. The Kier molecular flexibility index (Phi) is 2.00. The van der Waals surface area contributed by atoms with Crippen LogP contribution in [0.25, 0.3) is 5.69 Å². The van der Waals surface area contributed by atoms with Crippen molar-refractivity contribution in [3.8, 4) is 5.69 Å². The highest BCUT2D eigenvalue weighted by molar-refractivity contribution is 7.71. The minimum absolute atomic E-state index is 0.563. The van der Waals surface area contributed by atoms with Gasteiger partial charge in [0.2, 0.25) is 0 Å². The number of aromatic amines is 1. The second-order valence-electron chi connectivity index (χ2n) is 4.27. The van der Waals surface area contributed by atoms with Crippen molar-refractivity contribution in [2.75, 3.05) is 0 Å². The van der Waals surface area contributed by atoms with Gasteiger partial charge in [-0.2, -0.15) is 10.2 Å². The molecule has 1 N–H and O–H groups in total. The third-order valence-corrected chi connectivity index (χ3v) is 3.14. The molecule has 1 aliphatic carbocycles. The molecule has 2 heterocycles. The molecular formula is C10H13N5S. The van der Waals surface area contributed by atoms with E-state index in [1.54, 1.807) is 4.68 Å². The smallest absolute Gasteiger partial charge is 0.199 e. The van der Waals surface area contributed by atoms with Gasteiger partial charge >= 0.3 is 0 Å². The van der Waals surface area contributed by atoms with Gasteiger partial charge in [0.05, 0.1) is 11.4 Å². The van der Waals surface area contributed by atoms with Gasteiger partial charge in [0.1, 0.15) is 5.82 Å². The number of nitrogens with one attached hydrogen (secondary N) is 1. The van der Waals surface area contributed by atoms with Gasteiger partial charge in [0.15, 0.2) is 4.77 Å². The van der Waals surface area contributed by atoms with E-state index in [0.29, 0.717) is 10.7 Å². The number of rotatable bonds is 2. The van der Waals surface area contributed by atoms with Gasteiger partial charge in [0, 0.05) is 19.2 Å². The molecule has 2 aromatic rings. The Hall–Kier alpha value is -1.43. The normalized spacial score (nSPS) is 15.6. The molecule has 1 aliphatic rings. The quantitative estimate of drug-likeness (QED) is 0.808. The van der Waals surface area contributed by atoms with Gasteiger partial charge in [-0.05, 0) is 32.0 Å². The number of H-pyrrole nitrogens is 1. The molecule has 2 aromatic heterocycles. The number of aryl methyl sites for hydroxylation is 2. The topological polar surface area (TPSA) is 51.4 Å². The van der Waals surface area contributed by atoms with E-state index in [0.717, 1.165) is 17.2 Å². The summed E-state index contributed by atoms with van der Waals surface area (Å²) in [7, 11) is 1.91. The van der Waals surface area contributed by atoms with Crippen LogP contribution in [0.15, 0.2) is 6.20 Å². The monoisotopic (exact) mass is 235 g/mol. The highest BCUT2D eigenvalue weighted by Gasteiger charge is 2.30. The number of hydrogen-bond acceptors (Lipinski definition) is 3. The summed E-state index contributed by atoms with van der Waals surface area (Å²) in [6, 6.07) is 0. The second-order valence-corrected chi connectivity index (χ2v) is 4.66. The highest BCUT2D eigenvalue weighted by Crippen LogP contribution is 2.39. The van der Waals surface area contributed by atoms with Gasteiger partial charge in [0.25, 0.3) is 0 Å². The van der Waals surface area contributed by atoms with Crippen molar-refractivity contribution < 1.29 is 0 Å². The lowest BCUT2D eigenvalue weighted by molar-refractivity contribution is 0.756. The van der Waals surface area contributed by atoms with Crippen molar-refractivity contribution in [3.63, 3.8) is 0 Å². The van der Waals surface area contributed by atoms with Gasteiger partial charge in [-0.1, -0.05) is 0 Å². The van der Waals surface area contributed by atoms with Crippen molar-refractivity contribution in [3.05, 3.63) is 22.5 Å². The molecule has 84 valence electrons. The van der Waals surface area contributed by atoms with E-state index in [1.165, 1.54) is 12.8 Å². The van der Waals surface area contributed by atoms with Crippen LogP contribution >= 0.6 is 12.2 Å². The third-order valence-electron chi connectivity index (χ3n) is 2.87. The van der Waals surface area contributed by atoms with Crippen molar-refractivity contribution in [2.45, 2.75) is 25.7 Å². The van der Waals surface area contributed by atoms with Gasteiger partial charge < -0.3 is 0 Å². The summed E-state index contributed by atoms with van der Waals surface area (Å²) in [5.41, 5.74) is 2.00. The fourth-order valence-electron chi connectivity index (χ4n) is 1.96. The molecule has 0 unspecified atom stereocenters. The molecule has 0 saturated heterocycles. The largest absolute Gasteiger partial charge is 0.273 e. The Bertz CT molecular complexity index is 587. The Morgan fingerprint density at radius 1 is 1.50 bits per heavy atom. The van der Waals surface area contributed by atoms with E-state index in [-0.39, 0.29) is 0 Å². The van der Waals surface area contributed by atoms with Gasteiger partial charge in [-0.3, -0.25) is 14.3 Å². The van der Waals surface area contributed by atoms with Crippen LogP contribution in [-0.4, -0.2) is 24.5 Å². The fraction of sp³-hybridized carbons (Fsp3) is 0.500. The zero-order valence-electron chi connectivity index (χ0n) is 9.27. The van der Waals surface area contributed by atoms with E-state index in [4.69, 9.17) is 12.2 Å². The van der Waals surface area contributed by atoms with Crippen LogP contribution in [0.1, 0.15) is 30.3 Å². The molecule has 0 aliphatic heterocycles. The zero-order chi connectivity index (χ0) is 11.3. The van der Waals surface area contributed by atoms with E-state index in [1.807, 2.05) is 24.7 Å². The van der Waals surface area contributed by atoms with Crippen LogP contribution < -0.4 is 0 Å². The van der Waals surface area contributed by atoms with Crippen molar-refractivity contribution in [2.24, 2.45) is 7.05 Å². The first-order valence-corrected chi connectivity index (χ1v) is 5.75. The first-order valence-electron chi connectivity index (χ1n) is 5.35. The van der Waals surface area contributed by atoms with Crippen LogP contribution in [0.4, 0.5) is 0 Å². The van der Waals surface area contributed by atoms with E-state index >= 15 is 0 Å². The number of aromatic nitrogens is 5. The average Bonchev–Trinajstić information content (AvgIpc) is 2.92. The molecule has 16 heavy (non-hydrogen) atoms. The van der Waals surface area contributed by atoms with Crippen LogP contribution in [0.2, 0.25) is 0 Å². The lowest BCUT2D eigenvalue weighted by atomic mass is 10.3. The Labute approximate surface area is 98.1 Å². The van der Waals surface area contributed by atoms with E-state index in [2.05, 4.69) is 15.3 Å². The summed E-state index contributed by atoms with van der Waals surface area (Å²) in [5.74, 6) is 1.61. The van der Waals surface area contributed by atoms with E-state index in [9.17, 15) is 0 Å². The molecule has 0 aromatic carbocycles. The predicted octanol–water partition coefficient (Wildman–Crippen LogP) is 1.85. The second kappa shape index (κ2) is 3.28. The summed E-state index contributed by atoms with van der Waals surface area (Å²) in [4.78, 5) is 0. The summed E-state index contributed by atoms with van der Waals surface area (Å²) < 4.78 is 4.46. The maximum atomic E-state index is 5.28. The first kappa shape index (κ1) is 9.77. The molecule has 6 heteroatoms. The molecule has 0 spiro atoms. The predicted molar refractivity (Wildman–Crippen MR) is 62.2 cm³/mol. The SMILES string of the molecule is Cc1nn(C)cc1-n1c(C2CC2)n[nH]c1=S. The van der Waals surface area contributed by atoms with Crippen molar-refractivity contribution >= 4 is 12.2 Å². The molecule has 0 amide bonds. The highest BCUT2D eigenvalue weighted by atomic mass is 32.1. The Balaban J connectivity index is 2.21. The van der Waals surface area contributed by atoms with Gasteiger partial charge in [-0.15, -0.1) is 0 Å². The van der Waals surface area contributed by atoms with Crippen molar-refractivity contribution in [1.82, 2.24) is 24.5 Å². The molecule has 0 radical (unpaired) electrons. The summed E-state index contributed by atoms with van der Waals surface area (Å²) in [5, 5.41) is 11.5. The fourth-order valence-corrected chi connectivity index (χ4v) is 2.20. The Morgan fingerprint density at radius 2 is 2.25 bits per heavy atom. The summed E-state index contributed by atoms with van der Waals surface area (Å²) in [6.45, 7) is 1.99. The minimum atomic E-state index is 0.563. The molecule has 5 nitrogen and oxygen atoms in total. The number of nitrogens with zero attached hydrogens (tertiary/aromatic N) is 4. The zero-order valence-corrected chi connectivity index (χ0v) is 10.1. The minimum Gasteiger partial charge on any atom is -0.273 e. The van der Waals surface area contributed by atoms with Crippen LogP contribution in [0.3, 0.4) is 0 Å². The summed E-state index contributed by atoms with van der Waals surface area (Å²) in [6.07, 6.45) is 4.39. The third kappa shape index (κ3) is 1.41. The molecule has 3 rings (SSSR count). The van der Waals surface area contributed by atoms with Crippen LogP contribution in [0.5, 0.6) is 0 Å². The maximum absolute atomic E-state index is 5.28. The lowest BCUT2D eigenvalue weighted by Gasteiger charge is -2.03.